The Bertz CT molecular complexity index is 654. The molecule has 5 fully saturated rings. The molecule has 0 aromatic rings. The van der Waals surface area contributed by atoms with E-state index in [9.17, 15) is 14.4 Å². The maximum Gasteiger partial charge on any atom is 0.309 e. The summed E-state index contributed by atoms with van der Waals surface area (Å²) in [6.45, 7) is 6.22. The molecule has 0 amide bonds. The van der Waals surface area contributed by atoms with Crippen LogP contribution in [0.1, 0.15) is 40.0 Å². The SMILES string of the molecule is CC(C)[C@@H]1CC(=O)[C@H]2[C@H](C1)[C@@H]1C(=O)O[C@@H]3C[C@@]4(C)O[C@H]2C(=O)C4C13. The van der Waals surface area contributed by atoms with E-state index in [1.807, 2.05) is 6.92 Å². The molecule has 3 aliphatic carbocycles. The predicted molar refractivity (Wildman–Crippen MR) is 82.8 cm³/mol. The molecule has 5 nitrogen and oxygen atoms in total. The molecule has 24 heavy (non-hydrogen) atoms. The van der Waals surface area contributed by atoms with Gasteiger partial charge in [-0.2, -0.15) is 0 Å². The number of carbonyl (C=O) groups is 3. The molecule has 2 heterocycles. The van der Waals surface area contributed by atoms with Crippen LogP contribution in [0.4, 0.5) is 0 Å². The van der Waals surface area contributed by atoms with Crippen molar-refractivity contribution < 1.29 is 23.9 Å². The summed E-state index contributed by atoms with van der Waals surface area (Å²) in [4.78, 5) is 38.7. The molecule has 0 aromatic heterocycles. The Kier molecular flexibility index (Phi) is 2.81. The van der Waals surface area contributed by atoms with Crippen molar-refractivity contribution in [1.82, 2.24) is 0 Å². The second-order valence-corrected chi connectivity index (χ2v) is 9.11. The van der Waals surface area contributed by atoms with E-state index in [2.05, 4.69) is 13.8 Å². The predicted octanol–water partition coefficient (Wildman–Crippen LogP) is 1.77. The van der Waals surface area contributed by atoms with Crippen molar-refractivity contribution >= 4 is 17.5 Å². The first kappa shape index (κ1) is 15.1. The minimum Gasteiger partial charge on any atom is -0.462 e. The molecule has 0 spiro atoms. The maximum absolute atomic E-state index is 13.1. The molecule has 5 heteroatoms. The number of hydrogen-bond donors (Lipinski definition) is 0. The summed E-state index contributed by atoms with van der Waals surface area (Å²) in [5.74, 6) is -0.538. The number of fused-ring (bicyclic) bond motifs is 4. The summed E-state index contributed by atoms with van der Waals surface area (Å²) in [7, 11) is 0. The van der Waals surface area contributed by atoms with Crippen molar-refractivity contribution in [2.75, 3.05) is 0 Å². The lowest BCUT2D eigenvalue weighted by atomic mass is 9.63. The van der Waals surface area contributed by atoms with Crippen molar-refractivity contribution in [3.8, 4) is 0 Å². The molecule has 2 aliphatic heterocycles. The summed E-state index contributed by atoms with van der Waals surface area (Å²) >= 11 is 0. The Morgan fingerprint density at radius 2 is 1.92 bits per heavy atom. The van der Waals surface area contributed by atoms with Gasteiger partial charge >= 0.3 is 5.97 Å². The minimum absolute atomic E-state index is 0.0529. The lowest BCUT2D eigenvalue weighted by molar-refractivity contribution is -0.161. The van der Waals surface area contributed by atoms with E-state index < -0.39 is 17.6 Å². The van der Waals surface area contributed by atoms with Crippen LogP contribution in [0.3, 0.4) is 0 Å². The fraction of sp³-hybridized carbons (Fsp3) is 0.842. The first-order chi connectivity index (χ1) is 11.3. The summed E-state index contributed by atoms with van der Waals surface area (Å²) in [6, 6.07) is 0. The largest absolute Gasteiger partial charge is 0.462 e. The second-order valence-electron chi connectivity index (χ2n) is 9.11. The third-order valence-electron chi connectivity index (χ3n) is 7.62. The van der Waals surface area contributed by atoms with Gasteiger partial charge in [-0.15, -0.1) is 0 Å². The number of hydrogen-bond acceptors (Lipinski definition) is 5. The molecular formula is C19H24O5. The van der Waals surface area contributed by atoms with E-state index in [-0.39, 0.29) is 53.2 Å². The van der Waals surface area contributed by atoms with Crippen molar-refractivity contribution in [2.45, 2.75) is 57.8 Å². The number of Topliss-reactive ketones (excluding diaryl/α,β-unsaturated/α-hetero) is 2. The highest BCUT2D eigenvalue weighted by molar-refractivity contribution is 5.98. The Morgan fingerprint density at radius 3 is 2.62 bits per heavy atom. The Hall–Kier alpha value is -1.23. The maximum atomic E-state index is 13.1. The zero-order valence-corrected chi connectivity index (χ0v) is 14.4. The summed E-state index contributed by atoms with van der Waals surface area (Å²) in [5.41, 5.74) is -0.559. The first-order valence-corrected chi connectivity index (χ1v) is 9.26. The van der Waals surface area contributed by atoms with Gasteiger partial charge < -0.3 is 9.47 Å². The fourth-order valence-corrected chi connectivity index (χ4v) is 6.56. The van der Waals surface area contributed by atoms with E-state index in [4.69, 9.17) is 9.47 Å². The number of carbonyl (C=O) groups excluding carboxylic acids is 3. The molecule has 9 atom stereocenters. The molecule has 5 aliphatic rings. The van der Waals surface area contributed by atoms with Gasteiger partial charge in [-0.25, -0.2) is 0 Å². The van der Waals surface area contributed by atoms with Crippen LogP contribution < -0.4 is 0 Å². The van der Waals surface area contributed by atoms with Crippen LogP contribution >= 0.6 is 0 Å². The third kappa shape index (κ3) is 1.62. The smallest absolute Gasteiger partial charge is 0.309 e. The van der Waals surface area contributed by atoms with Crippen LogP contribution in [0.2, 0.25) is 0 Å². The van der Waals surface area contributed by atoms with Gasteiger partial charge in [0.25, 0.3) is 0 Å². The zero-order valence-electron chi connectivity index (χ0n) is 14.4. The van der Waals surface area contributed by atoms with Crippen LogP contribution in [0.25, 0.3) is 0 Å². The van der Waals surface area contributed by atoms with Gasteiger partial charge in [0.2, 0.25) is 0 Å². The molecule has 3 saturated carbocycles. The second kappa shape index (κ2) is 4.48. The van der Waals surface area contributed by atoms with Gasteiger partial charge in [0, 0.05) is 18.8 Å². The quantitative estimate of drug-likeness (QED) is 0.685. The molecule has 130 valence electrons. The van der Waals surface area contributed by atoms with Gasteiger partial charge in [0.15, 0.2) is 5.78 Å². The fourth-order valence-electron chi connectivity index (χ4n) is 6.56. The standard InChI is InChI=1S/C19H24O5/c1-7(2)8-4-9-12(10(20)5-8)17-16(21)15-14-11(6-19(15,3)24-17)23-18(22)13(9)14/h7-9,11-15,17H,4-6H2,1-3H3/t8-,9-,11+,12+,13-,14?,15?,17+,19+/m0/s1. The Labute approximate surface area is 141 Å². The van der Waals surface area contributed by atoms with Crippen molar-refractivity contribution in [3.05, 3.63) is 0 Å². The van der Waals surface area contributed by atoms with Crippen LogP contribution in [0.15, 0.2) is 0 Å². The number of esters is 1. The molecule has 0 N–H and O–H groups in total. The van der Waals surface area contributed by atoms with Crippen LogP contribution in [-0.4, -0.2) is 35.3 Å². The number of ketones is 2. The molecule has 5 rings (SSSR count). The zero-order chi connectivity index (χ0) is 17.0. The topological polar surface area (TPSA) is 69.7 Å². The number of rotatable bonds is 1. The molecule has 2 unspecified atom stereocenters. The van der Waals surface area contributed by atoms with E-state index in [0.29, 0.717) is 18.8 Å². The van der Waals surface area contributed by atoms with Crippen LogP contribution in [0, 0.1) is 41.4 Å². The van der Waals surface area contributed by atoms with E-state index in [0.717, 1.165) is 6.42 Å². The van der Waals surface area contributed by atoms with Crippen molar-refractivity contribution in [2.24, 2.45) is 41.4 Å². The van der Waals surface area contributed by atoms with Crippen LogP contribution in [0.5, 0.6) is 0 Å². The highest BCUT2D eigenvalue weighted by Gasteiger charge is 2.74. The van der Waals surface area contributed by atoms with Gasteiger partial charge in [-0.3, -0.25) is 14.4 Å². The first-order valence-electron chi connectivity index (χ1n) is 9.26. The lowest BCUT2D eigenvalue weighted by Gasteiger charge is -2.42. The van der Waals surface area contributed by atoms with E-state index in [1.54, 1.807) is 0 Å². The summed E-state index contributed by atoms with van der Waals surface area (Å²) in [5, 5.41) is 0. The Balaban J connectivity index is 1.64. The highest BCUT2D eigenvalue weighted by atomic mass is 16.6. The average molecular weight is 332 g/mol. The van der Waals surface area contributed by atoms with E-state index in [1.165, 1.54) is 0 Å². The number of ether oxygens (including phenoxy) is 2. The molecule has 0 radical (unpaired) electrons. The third-order valence-corrected chi connectivity index (χ3v) is 7.62. The van der Waals surface area contributed by atoms with Gasteiger partial charge in [-0.1, -0.05) is 13.8 Å². The monoisotopic (exact) mass is 332 g/mol. The molecule has 2 saturated heterocycles. The lowest BCUT2D eigenvalue weighted by Crippen LogP contribution is -2.48. The Morgan fingerprint density at radius 1 is 1.17 bits per heavy atom. The summed E-state index contributed by atoms with van der Waals surface area (Å²) in [6.07, 6.45) is 1.07. The van der Waals surface area contributed by atoms with Crippen LogP contribution in [-0.2, 0) is 23.9 Å². The molecule has 0 aromatic carbocycles. The molecular weight excluding hydrogens is 308 g/mol. The summed E-state index contributed by atoms with van der Waals surface area (Å²) < 4.78 is 11.9. The normalized spacial score (nSPS) is 54.9. The average Bonchev–Trinajstić information content (AvgIpc) is 2.99. The molecule has 2 bridgehead atoms. The van der Waals surface area contributed by atoms with Gasteiger partial charge in [0.05, 0.1) is 23.4 Å². The van der Waals surface area contributed by atoms with Crippen molar-refractivity contribution in [1.29, 1.82) is 0 Å². The van der Waals surface area contributed by atoms with E-state index >= 15 is 0 Å². The van der Waals surface area contributed by atoms with Gasteiger partial charge in [0.1, 0.15) is 18.0 Å². The highest BCUT2D eigenvalue weighted by Crippen LogP contribution is 2.63. The minimum atomic E-state index is -0.634. The van der Waals surface area contributed by atoms with Gasteiger partial charge in [-0.05, 0) is 31.1 Å². The van der Waals surface area contributed by atoms with Crippen molar-refractivity contribution in [3.63, 3.8) is 0 Å².